The first kappa shape index (κ1) is 13.2. The summed E-state index contributed by atoms with van der Waals surface area (Å²) < 4.78 is 33.6. The number of hydrogen-bond acceptors (Lipinski definition) is 3. The van der Waals surface area contributed by atoms with Gasteiger partial charge in [-0.3, -0.25) is 0 Å². The Hall–Kier alpha value is -1.85. The number of nitrogens with zero attached hydrogens (tertiary/aromatic N) is 3. The molecule has 0 atom stereocenters. The van der Waals surface area contributed by atoms with Gasteiger partial charge in [0, 0.05) is 11.5 Å². The molecule has 5 nitrogen and oxygen atoms in total. The average molecular weight is 255 g/mol. The van der Waals surface area contributed by atoms with Crippen molar-refractivity contribution in [2.24, 2.45) is 5.11 Å². The first-order chi connectivity index (χ1) is 8.04. The Labute approximate surface area is 98.4 Å². The summed E-state index contributed by atoms with van der Waals surface area (Å²) in [4.78, 5) is 2.24. The smallest absolute Gasteiger partial charge is 0.189 e. The van der Waals surface area contributed by atoms with Crippen LogP contribution in [0, 0.1) is 0 Å². The largest absolute Gasteiger partial charge is 0.332 e. The van der Waals surface area contributed by atoms with E-state index in [0.717, 1.165) is 5.56 Å². The van der Waals surface area contributed by atoms with Crippen LogP contribution < -0.4 is 0 Å². The van der Waals surface area contributed by atoms with Crippen LogP contribution in [0.3, 0.4) is 0 Å². The molecule has 0 unspecified atom stereocenters. The van der Waals surface area contributed by atoms with Gasteiger partial charge in [-0.25, -0.2) is 0 Å². The summed E-state index contributed by atoms with van der Waals surface area (Å²) >= 11 is 0. The fourth-order valence-electron chi connectivity index (χ4n) is 1.14. The fraction of sp³-hybridized carbons (Fsp3) is 0.200. The highest BCUT2D eigenvalue weighted by Gasteiger charge is 2.09. The fourth-order valence-corrected chi connectivity index (χ4v) is 1.60. The standard InChI is InChI=1S/C10H10FN3O2S/c11-17(15,16)10-6-4-9(5-7-10)3-1-2-8-13-14-12/h1,3-7H,2,8H2. The van der Waals surface area contributed by atoms with Crippen molar-refractivity contribution < 1.29 is 12.3 Å². The lowest BCUT2D eigenvalue weighted by atomic mass is 10.2. The van der Waals surface area contributed by atoms with Gasteiger partial charge in [-0.2, -0.15) is 8.42 Å². The van der Waals surface area contributed by atoms with Crippen LogP contribution in [0.2, 0.25) is 0 Å². The highest BCUT2D eigenvalue weighted by atomic mass is 32.3. The molecule has 0 saturated carbocycles. The number of rotatable bonds is 5. The first-order valence-electron chi connectivity index (χ1n) is 4.76. The van der Waals surface area contributed by atoms with Crippen LogP contribution >= 0.6 is 0 Å². The molecule has 0 amide bonds. The van der Waals surface area contributed by atoms with Crippen LogP contribution in [0.1, 0.15) is 12.0 Å². The molecule has 1 aromatic rings. The van der Waals surface area contributed by atoms with Gasteiger partial charge in [0.2, 0.25) is 0 Å². The van der Waals surface area contributed by atoms with Gasteiger partial charge in [0.05, 0.1) is 4.90 Å². The molecule has 0 N–H and O–H groups in total. The SMILES string of the molecule is [N-]=[N+]=NCCC=Cc1ccc(S(=O)(=O)F)cc1. The number of benzene rings is 1. The molecule has 0 aromatic heterocycles. The van der Waals surface area contributed by atoms with Crippen LogP contribution in [0.5, 0.6) is 0 Å². The minimum atomic E-state index is -4.63. The van der Waals surface area contributed by atoms with E-state index < -0.39 is 10.2 Å². The van der Waals surface area contributed by atoms with Crippen molar-refractivity contribution in [1.82, 2.24) is 0 Å². The molecule has 0 spiro atoms. The van der Waals surface area contributed by atoms with E-state index in [9.17, 15) is 12.3 Å². The number of azide groups is 1. The molecule has 1 rings (SSSR count). The lowest BCUT2D eigenvalue weighted by Crippen LogP contribution is -1.90. The minimum Gasteiger partial charge on any atom is -0.189 e. The maximum absolute atomic E-state index is 12.6. The van der Waals surface area contributed by atoms with Gasteiger partial charge < -0.3 is 0 Å². The van der Waals surface area contributed by atoms with E-state index in [4.69, 9.17) is 5.53 Å². The molecule has 0 aliphatic rings. The first-order valence-corrected chi connectivity index (χ1v) is 6.14. The van der Waals surface area contributed by atoms with E-state index in [0.29, 0.717) is 13.0 Å². The third-order valence-electron chi connectivity index (χ3n) is 1.93. The van der Waals surface area contributed by atoms with Crippen molar-refractivity contribution in [2.75, 3.05) is 6.54 Å². The van der Waals surface area contributed by atoms with Crippen molar-refractivity contribution in [3.63, 3.8) is 0 Å². The summed E-state index contributed by atoms with van der Waals surface area (Å²) in [5.74, 6) is 0. The maximum Gasteiger partial charge on any atom is 0.332 e. The van der Waals surface area contributed by atoms with Gasteiger partial charge in [-0.05, 0) is 29.6 Å². The molecule has 0 aliphatic heterocycles. The Kier molecular flexibility index (Phi) is 4.68. The highest BCUT2D eigenvalue weighted by Crippen LogP contribution is 2.13. The summed E-state index contributed by atoms with van der Waals surface area (Å²) in [6.07, 6.45) is 4.11. The van der Waals surface area contributed by atoms with Crippen LogP contribution in [0.4, 0.5) is 3.89 Å². The Morgan fingerprint density at radius 1 is 1.35 bits per heavy atom. The van der Waals surface area contributed by atoms with Gasteiger partial charge in [-0.1, -0.05) is 29.4 Å². The molecular weight excluding hydrogens is 245 g/mol. The van der Waals surface area contributed by atoms with Crippen LogP contribution in [-0.2, 0) is 10.2 Å². The molecule has 0 bridgehead atoms. The van der Waals surface area contributed by atoms with E-state index >= 15 is 0 Å². The van der Waals surface area contributed by atoms with E-state index in [1.54, 1.807) is 12.2 Å². The third-order valence-corrected chi connectivity index (χ3v) is 2.77. The van der Waals surface area contributed by atoms with Gasteiger partial charge in [0.1, 0.15) is 0 Å². The average Bonchev–Trinajstić information content (AvgIpc) is 2.28. The van der Waals surface area contributed by atoms with Gasteiger partial charge >= 0.3 is 10.2 Å². The Balaban J connectivity index is 2.66. The topological polar surface area (TPSA) is 82.9 Å². The van der Waals surface area contributed by atoms with Crippen molar-refractivity contribution in [2.45, 2.75) is 11.3 Å². The minimum absolute atomic E-state index is 0.358. The highest BCUT2D eigenvalue weighted by molar-refractivity contribution is 7.86. The predicted octanol–water partition coefficient (Wildman–Crippen LogP) is 3.06. The van der Waals surface area contributed by atoms with Gasteiger partial charge in [0.15, 0.2) is 0 Å². The van der Waals surface area contributed by atoms with E-state index in [-0.39, 0.29) is 4.90 Å². The Bertz CT molecular complexity index is 545. The van der Waals surface area contributed by atoms with Crippen LogP contribution in [-0.4, -0.2) is 15.0 Å². The summed E-state index contributed by atoms with van der Waals surface area (Å²) in [7, 11) is -4.63. The molecule has 7 heteroatoms. The van der Waals surface area contributed by atoms with Crippen molar-refractivity contribution in [1.29, 1.82) is 0 Å². The maximum atomic E-state index is 12.6. The summed E-state index contributed by atoms with van der Waals surface area (Å²) in [6, 6.07) is 5.39. The van der Waals surface area contributed by atoms with Gasteiger partial charge in [0.25, 0.3) is 0 Å². The Morgan fingerprint density at radius 2 is 2.00 bits per heavy atom. The van der Waals surface area contributed by atoms with Gasteiger partial charge in [-0.15, -0.1) is 3.89 Å². The Morgan fingerprint density at radius 3 is 2.53 bits per heavy atom. The summed E-state index contributed by atoms with van der Waals surface area (Å²) in [5, 5.41) is 3.35. The van der Waals surface area contributed by atoms with Crippen LogP contribution in [0.15, 0.2) is 40.4 Å². The molecule has 0 heterocycles. The third kappa shape index (κ3) is 4.67. The summed E-state index contributed by atoms with van der Waals surface area (Å²) in [5.41, 5.74) is 8.78. The van der Waals surface area contributed by atoms with Crippen molar-refractivity contribution in [3.05, 3.63) is 46.3 Å². The summed E-state index contributed by atoms with van der Waals surface area (Å²) in [6.45, 7) is 0.365. The number of halogens is 1. The molecular formula is C10H10FN3O2S. The van der Waals surface area contributed by atoms with E-state index in [2.05, 4.69) is 10.0 Å². The predicted molar refractivity (Wildman–Crippen MR) is 62.4 cm³/mol. The number of hydrogen-bond donors (Lipinski definition) is 0. The molecule has 90 valence electrons. The van der Waals surface area contributed by atoms with E-state index in [1.807, 2.05) is 0 Å². The zero-order valence-corrected chi connectivity index (χ0v) is 9.64. The monoisotopic (exact) mass is 255 g/mol. The zero-order chi connectivity index (χ0) is 12.7. The normalized spacial score (nSPS) is 11.4. The molecule has 0 aliphatic carbocycles. The quantitative estimate of drug-likeness (QED) is 0.266. The molecule has 17 heavy (non-hydrogen) atoms. The second-order valence-corrected chi connectivity index (χ2v) is 4.50. The second-order valence-electron chi connectivity index (χ2n) is 3.15. The molecule has 0 saturated heterocycles. The lowest BCUT2D eigenvalue weighted by molar-refractivity contribution is 0.552. The van der Waals surface area contributed by atoms with Crippen molar-refractivity contribution >= 4 is 16.3 Å². The lowest BCUT2D eigenvalue weighted by Gasteiger charge is -1.96. The zero-order valence-electron chi connectivity index (χ0n) is 8.82. The molecule has 0 fully saturated rings. The van der Waals surface area contributed by atoms with Crippen molar-refractivity contribution in [3.8, 4) is 0 Å². The van der Waals surface area contributed by atoms with E-state index in [1.165, 1.54) is 24.3 Å². The molecule has 0 radical (unpaired) electrons. The molecule has 1 aromatic carbocycles. The second kappa shape index (κ2) is 6.03. The van der Waals surface area contributed by atoms with Crippen LogP contribution in [0.25, 0.3) is 16.5 Å².